The lowest BCUT2D eigenvalue weighted by molar-refractivity contribution is 0.163. The Labute approximate surface area is 178 Å². The van der Waals surface area contributed by atoms with Crippen LogP contribution in [0.5, 0.6) is 0 Å². The third kappa shape index (κ3) is 6.33. The second-order valence-electron chi connectivity index (χ2n) is 6.18. The minimum absolute atomic E-state index is 0. The normalized spacial score (nSPS) is 15.6. The number of nitrogens with zero attached hydrogens (tertiary/aromatic N) is 1. The van der Waals surface area contributed by atoms with Crippen molar-refractivity contribution in [3.05, 3.63) is 59.1 Å². The Morgan fingerprint density at radius 1 is 1.04 bits per heavy atom. The fourth-order valence-electron chi connectivity index (χ4n) is 3.28. The average Bonchev–Trinajstić information content (AvgIpc) is 2.63. The van der Waals surface area contributed by atoms with Crippen LogP contribution in [0.15, 0.2) is 58.3 Å². The van der Waals surface area contributed by atoms with E-state index in [1.807, 2.05) is 23.9 Å². The zero-order valence-corrected chi connectivity index (χ0v) is 18.2. The van der Waals surface area contributed by atoms with Crippen LogP contribution in [0.2, 0.25) is 5.02 Å². The minimum Gasteiger partial charge on any atom is -0.314 e. The van der Waals surface area contributed by atoms with E-state index in [9.17, 15) is 0 Å². The molecule has 0 spiro atoms. The van der Waals surface area contributed by atoms with Crippen LogP contribution in [-0.2, 0) is 0 Å². The Morgan fingerprint density at radius 3 is 2.35 bits per heavy atom. The minimum atomic E-state index is 0. The van der Waals surface area contributed by atoms with Gasteiger partial charge in [-0.2, -0.15) is 0 Å². The van der Waals surface area contributed by atoms with Crippen LogP contribution in [0.3, 0.4) is 0 Å². The van der Waals surface area contributed by atoms with E-state index in [4.69, 9.17) is 11.6 Å². The predicted molar refractivity (Wildman–Crippen MR) is 119 cm³/mol. The second-order valence-corrected chi connectivity index (χ2v) is 7.74. The van der Waals surface area contributed by atoms with Crippen LogP contribution in [0, 0.1) is 0 Å². The largest absolute Gasteiger partial charge is 0.314 e. The van der Waals surface area contributed by atoms with Gasteiger partial charge in [0.05, 0.1) is 0 Å². The van der Waals surface area contributed by atoms with E-state index >= 15 is 0 Å². The first kappa shape index (κ1) is 23.6. The third-order valence-electron chi connectivity index (χ3n) is 4.47. The number of halogens is 3. The summed E-state index contributed by atoms with van der Waals surface area (Å²) in [7, 11) is 0. The van der Waals surface area contributed by atoms with Crippen molar-refractivity contribution in [2.75, 3.05) is 26.2 Å². The zero-order valence-electron chi connectivity index (χ0n) is 15.0. The summed E-state index contributed by atoms with van der Waals surface area (Å²) in [5.41, 5.74) is 1.46. The first-order valence-corrected chi connectivity index (χ1v) is 9.94. The van der Waals surface area contributed by atoms with Gasteiger partial charge in [-0.15, -0.1) is 24.8 Å². The van der Waals surface area contributed by atoms with Gasteiger partial charge in [-0.05, 0) is 42.3 Å². The molecule has 3 rings (SSSR count). The summed E-state index contributed by atoms with van der Waals surface area (Å²) in [5.74, 6) is 0. The molecule has 0 radical (unpaired) electrons. The number of nitrogens with one attached hydrogen (secondary N) is 1. The highest BCUT2D eigenvalue weighted by molar-refractivity contribution is 7.99. The van der Waals surface area contributed by atoms with Crippen LogP contribution >= 0.6 is 48.2 Å². The van der Waals surface area contributed by atoms with Gasteiger partial charge in [0.15, 0.2) is 0 Å². The van der Waals surface area contributed by atoms with Gasteiger partial charge in [-0.3, -0.25) is 4.90 Å². The summed E-state index contributed by atoms with van der Waals surface area (Å²) in [4.78, 5) is 5.24. The molecule has 1 fully saturated rings. The molecule has 26 heavy (non-hydrogen) atoms. The number of hydrogen-bond acceptors (Lipinski definition) is 3. The molecule has 0 saturated carbocycles. The summed E-state index contributed by atoms with van der Waals surface area (Å²) < 4.78 is 0. The zero-order chi connectivity index (χ0) is 16.8. The Balaban J connectivity index is 0.00000169. The fourth-order valence-corrected chi connectivity index (χ4v) is 4.40. The third-order valence-corrected chi connectivity index (χ3v) is 5.83. The summed E-state index contributed by atoms with van der Waals surface area (Å²) in [6, 6.07) is 17.5. The molecule has 1 atom stereocenters. The van der Waals surface area contributed by atoms with Crippen LogP contribution in [0.25, 0.3) is 0 Å². The van der Waals surface area contributed by atoms with E-state index in [1.165, 1.54) is 28.2 Å². The van der Waals surface area contributed by atoms with Crippen molar-refractivity contribution < 1.29 is 0 Å². The molecular formula is C20H27Cl3N2S. The van der Waals surface area contributed by atoms with Gasteiger partial charge in [0.25, 0.3) is 0 Å². The summed E-state index contributed by atoms with van der Waals surface area (Å²) in [5, 5.41) is 4.25. The average molecular weight is 434 g/mol. The van der Waals surface area contributed by atoms with Crippen LogP contribution in [0.1, 0.15) is 31.4 Å². The van der Waals surface area contributed by atoms with Gasteiger partial charge in [0, 0.05) is 47.0 Å². The standard InChI is InChI=1S/C20H25ClN2S.2ClH/c1-2-5-19(23-14-12-22-13-15-23)18-6-3-4-7-20(18)24-17-10-8-16(21)9-11-17;;/h3-4,6-11,19,22H,2,5,12-15H2,1H3;2*1H/t19-;;/m0../s1. The molecule has 0 aromatic heterocycles. The maximum Gasteiger partial charge on any atom is 0.0406 e. The highest BCUT2D eigenvalue weighted by atomic mass is 35.5. The van der Waals surface area contributed by atoms with E-state index in [0.717, 1.165) is 31.2 Å². The highest BCUT2D eigenvalue weighted by Crippen LogP contribution is 2.37. The molecule has 1 saturated heterocycles. The number of hydrogen-bond donors (Lipinski definition) is 1. The van der Waals surface area contributed by atoms with Crippen molar-refractivity contribution >= 4 is 48.2 Å². The molecule has 0 aliphatic carbocycles. The Hall–Kier alpha value is -0.420. The van der Waals surface area contributed by atoms with Gasteiger partial charge in [-0.1, -0.05) is 54.9 Å². The van der Waals surface area contributed by atoms with Crippen molar-refractivity contribution in [3.8, 4) is 0 Å². The highest BCUT2D eigenvalue weighted by Gasteiger charge is 2.23. The number of piperazine rings is 1. The fraction of sp³-hybridized carbons (Fsp3) is 0.400. The monoisotopic (exact) mass is 432 g/mol. The first-order chi connectivity index (χ1) is 11.8. The lowest BCUT2D eigenvalue weighted by Crippen LogP contribution is -2.45. The summed E-state index contributed by atoms with van der Waals surface area (Å²) >= 11 is 7.86. The van der Waals surface area contributed by atoms with Crippen molar-refractivity contribution in [2.45, 2.75) is 35.6 Å². The molecule has 0 bridgehead atoms. The predicted octanol–water partition coefficient (Wildman–Crippen LogP) is 6.08. The molecule has 0 amide bonds. The Kier molecular flexibility index (Phi) is 11.0. The van der Waals surface area contributed by atoms with Crippen molar-refractivity contribution in [1.82, 2.24) is 10.2 Å². The van der Waals surface area contributed by atoms with Crippen molar-refractivity contribution in [3.63, 3.8) is 0 Å². The molecule has 2 aromatic carbocycles. The molecule has 0 unspecified atom stereocenters. The maximum atomic E-state index is 6.02. The Morgan fingerprint density at radius 2 is 1.69 bits per heavy atom. The van der Waals surface area contributed by atoms with E-state index in [2.05, 4.69) is 53.5 Å². The van der Waals surface area contributed by atoms with Crippen LogP contribution in [-0.4, -0.2) is 31.1 Å². The molecule has 2 aromatic rings. The van der Waals surface area contributed by atoms with Crippen LogP contribution in [0.4, 0.5) is 0 Å². The molecule has 1 aliphatic heterocycles. The summed E-state index contributed by atoms with van der Waals surface area (Å²) in [6.07, 6.45) is 2.41. The molecule has 1 aliphatic rings. The number of benzene rings is 2. The van der Waals surface area contributed by atoms with Gasteiger partial charge in [0.2, 0.25) is 0 Å². The van der Waals surface area contributed by atoms with E-state index < -0.39 is 0 Å². The van der Waals surface area contributed by atoms with Gasteiger partial charge in [0.1, 0.15) is 0 Å². The Bertz CT molecular complexity index is 646. The van der Waals surface area contributed by atoms with Crippen LogP contribution < -0.4 is 5.32 Å². The molecule has 6 heteroatoms. The second kappa shape index (κ2) is 12.1. The summed E-state index contributed by atoms with van der Waals surface area (Å²) in [6.45, 7) is 6.72. The van der Waals surface area contributed by atoms with Gasteiger partial charge in [-0.25, -0.2) is 0 Å². The van der Waals surface area contributed by atoms with Crippen molar-refractivity contribution in [2.24, 2.45) is 0 Å². The lowest BCUT2D eigenvalue weighted by Gasteiger charge is -2.36. The molecule has 144 valence electrons. The SMILES string of the molecule is CCC[C@@H](c1ccccc1Sc1ccc(Cl)cc1)N1CCNCC1.Cl.Cl. The number of rotatable bonds is 6. The van der Waals surface area contributed by atoms with Gasteiger partial charge < -0.3 is 5.32 Å². The van der Waals surface area contributed by atoms with Gasteiger partial charge >= 0.3 is 0 Å². The van der Waals surface area contributed by atoms with E-state index in [0.29, 0.717) is 6.04 Å². The van der Waals surface area contributed by atoms with E-state index in [1.54, 1.807) is 0 Å². The molecular weight excluding hydrogens is 407 g/mol. The molecule has 2 nitrogen and oxygen atoms in total. The topological polar surface area (TPSA) is 15.3 Å². The first-order valence-electron chi connectivity index (χ1n) is 8.75. The smallest absolute Gasteiger partial charge is 0.0406 e. The molecule has 1 N–H and O–H groups in total. The quantitative estimate of drug-likeness (QED) is 0.594. The maximum absolute atomic E-state index is 6.02. The van der Waals surface area contributed by atoms with Crippen molar-refractivity contribution in [1.29, 1.82) is 0 Å². The molecule has 1 heterocycles. The lowest BCUT2D eigenvalue weighted by atomic mass is 10.00. The van der Waals surface area contributed by atoms with E-state index in [-0.39, 0.29) is 24.8 Å².